The van der Waals surface area contributed by atoms with Gasteiger partial charge < -0.3 is 9.26 Å². The molecule has 1 aliphatic heterocycles. The first-order valence-electron chi connectivity index (χ1n) is 7.78. The summed E-state index contributed by atoms with van der Waals surface area (Å²) in [6.45, 7) is 2.29. The van der Waals surface area contributed by atoms with Gasteiger partial charge in [-0.3, -0.25) is 9.69 Å². The lowest BCUT2D eigenvalue weighted by atomic mass is 10.1. The molecule has 1 amide bonds. The van der Waals surface area contributed by atoms with Crippen molar-refractivity contribution in [3.63, 3.8) is 0 Å². The van der Waals surface area contributed by atoms with E-state index in [1.165, 1.54) is 0 Å². The van der Waals surface area contributed by atoms with Crippen LogP contribution in [0, 0.1) is 0 Å². The summed E-state index contributed by atoms with van der Waals surface area (Å²) in [5, 5.41) is 4.58. The Morgan fingerprint density at radius 3 is 3.00 bits per heavy atom. The van der Waals surface area contributed by atoms with Crippen molar-refractivity contribution in [2.24, 2.45) is 0 Å². The number of carbonyl (C=O) groups excluding carboxylic acids is 1. The number of fused-ring (bicyclic) bond motifs is 1. The minimum atomic E-state index is -0.287. The summed E-state index contributed by atoms with van der Waals surface area (Å²) in [6, 6.07) is 12.4. The summed E-state index contributed by atoms with van der Waals surface area (Å²) >= 11 is 6.00. The molecular formula is C18H14ClN3O3. The highest BCUT2D eigenvalue weighted by Crippen LogP contribution is 2.32. The fraction of sp³-hybridized carbons (Fsp3) is 0.167. The molecular weight excluding hydrogens is 342 g/mol. The zero-order valence-electron chi connectivity index (χ0n) is 13.3. The van der Waals surface area contributed by atoms with E-state index in [0.29, 0.717) is 28.8 Å². The lowest BCUT2D eigenvalue weighted by Crippen LogP contribution is -2.42. The van der Waals surface area contributed by atoms with Crippen LogP contribution >= 0.6 is 11.6 Å². The van der Waals surface area contributed by atoms with Crippen LogP contribution in [0.5, 0.6) is 5.88 Å². The van der Waals surface area contributed by atoms with Crippen molar-refractivity contribution in [1.82, 2.24) is 10.1 Å². The molecule has 6 nitrogen and oxygen atoms in total. The lowest BCUT2D eigenvalue weighted by molar-refractivity contribution is 0.0923. The molecule has 4 rings (SSSR count). The second kappa shape index (κ2) is 6.22. The van der Waals surface area contributed by atoms with Crippen LogP contribution in [0.15, 0.2) is 53.2 Å². The minimum absolute atomic E-state index is 0.152. The number of anilines is 1. The maximum Gasteiger partial charge on any atom is 0.297 e. The van der Waals surface area contributed by atoms with Crippen molar-refractivity contribution in [3.8, 4) is 17.1 Å². The van der Waals surface area contributed by atoms with Gasteiger partial charge in [-0.25, -0.2) is 4.98 Å². The van der Waals surface area contributed by atoms with Gasteiger partial charge in [-0.15, -0.1) is 0 Å². The third kappa shape index (κ3) is 2.96. The van der Waals surface area contributed by atoms with E-state index < -0.39 is 0 Å². The van der Waals surface area contributed by atoms with Crippen LogP contribution in [0.3, 0.4) is 0 Å². The third-order valence-electron chi connectivity index (χ3n) is 3.88. The van der Waals surface area contributed by atoms with Gasteiger partial charge in [-0.1, -0.05) is 28.9 Å². The van der Waals surface area contributed by atoms with Crippen LogP contribution in [0.25, 0.3) is 11.3 Å². The third-order valence-corrected chi connectivity index (χ3v) is 4.12. The largest absolute Gasteiger partial charge is 0.471 e. The van der Waals surface area contributed by atoms with E-state index in [1.807, 2.05) is 19.1 Å². The van der Waals surface area contributed by atoms with Crippen LogP contribution in [0.2, 0.25) is 5.02 Å². The van der Waals surface area contributed by atoms with Crippen LogP contribution in [-0.4, -0.2) is 28.7 Å². The zero-order valence-corrected chi connectivity index (χ0v) is 14.1. The van der Waals surface area contributed by atoms with Gasteiger partial charge in [0.05, 0.1) is 6.54 Å². The van der Waals surface area contributed by atoms with Crippen LogP contribution in [0.4, 0.5) is 5.69 Å². The highest BCUT2D eigenvalue weighted by molar-refractivity contribution is 6.30. The molecule has 1 unspecified atom stereocenters. The second-order valence-electron chi connectivity index (χ2n) is 5.76. The van der Waals surface area contributed by atoms with E-state index in [-0.39, 0.29) is 17.8 Å². The fourth-order valence-corrected chi connectivity index (χ4v) is 2.94. The van der Waals surface area contributed by atoms with Crippen molar-refractivity contribution in [2.75, 3.05) is 11.4 Å². The van der Waals surface area contributed by atoms with E-state index in [1.54, 1.807) is 41.4 Å². The Kier molecular flexibility index (Phi) is 3.89. The summed E-state index contributed by atoms with van der Waals surface area (Å²) in [7, 11) is 0. The Balaban J connectivity index is 1.66. The summed E-state index contributed by atoms with van der Waals surface area (Å²) in [6.07, 6.45) is 1.47. The maximum absolute atomic E-state index is 12.9. The number of hydrogen-bond donors (Lipinski definition) is 0. The number of benzene rings is 1. The summed E-state index contributed by atoms with van der Waals surface area (Å²) < 4.78 is 10.9. The molecule has 0 fully saturated rings. The molecule has 0 saturated carbocycles. The fourth-order valence-electron chi connectivity index (χ4n) is 2.75. The van der Waals surface area contributed by atoms with Gasteiger partial charge in [0.15, 0.2) is 0 Å². The monoisotopic (exact) mass is 355 g/mol. The molecule has 0 N–H and O–H groups in total. The van der Waals surface area contributed by atoms with Gasteiger partial charge in [-0.2, -0.15) is 0 Å². The van der Waals surface area contributed by atoms with E-state index in [4.69, 9.17) is 20.9 Å². The van der Waals surface area contributed by atoms with Crippen molar-refractivity contribution < 1.29 is 14.1 Å². The number of halogens is 1. The average Bonchev–Trinajstić information content (AvgIpc) is 3.10. The minimum Gasteiger partial charge on any atom is -0.471 e. The quantitative estimate of drug-likeness (QED) is 0.699. The lowest BCUT2D eigenvalue weighted by Gasteiger charge is -2.31. The molecule has 1 atom stereocenters. The van der Waals surface area contributed by atoms with Crippen molar-refractivity contribution in [3.05, 3.63) is 59.4 Å². The first-order chi connectivity index (χ1) is 12.1. The summed E-state index contributed by atoms with van der Waals surface area (Å²) in [5.41, 5.74) is 1.96. The summed E-state index contributed by atoms with van der Waals surface area (Å²) in [5.74, 6) is 0.299. The number of amides is 1. The van der Waals surface area contributed by atoms with Gasteiger partial charge >= 0.3 is 0 Å². The molecule has 25 heavy (non-hydrogen) atoms. The van der Waals surface area contributed by atoms with E-state index >= 15 is 0 Å². The van der Waals surface area contributed by atoms with Crippen LogP contribution in [-0.2, 0) is 0 Å². The molecule has 7 heteroatoms. The molecule has 3 heterocycles. The predicted octanol–water partition coefficient (Wildman–Crippen LogP) is 3.82. The topological polar surface area (TPSA) is 68.5 Å². The molecule has 0 aliphatic carbocycles. The van der Waals surface area contributed by atoms with Crippen molar-refractivity contribution in [1.29, 1.82) is 0 Å². The van der Waals surface area contributed by atoms with Crippen molar-refractivity contribution in [2.45, 2.75) is 13.0 Å². The molecule has 1 aliphatic rings. The van der Waals surface area contributed by atoms with E-state index in [0.717, 1.165) is 5.56 Å². The van der Waals surface area contributed by atoms with Gasteiger partial charge in [0, 0.05) is 22.8 Å². The Hall–Kier alpha value is -2.86. The number of rotatable bonds is 2. The number of nitrogens with zero attached hydrogens (tertiary/aromatic N) is 3. The highest BCUT2D eigenvalue weighted by Gasteiger charge is 2.31. The molecule has 0 bridgehead atoms. The molecule has 126 valence electrons. The molecule has 0 spiro atoms. The van der Waals surface area contributed by atoms with E-state index in [2.05, 4.69) is 10.1 Å². The number of carbonyl (C=O) groups is 1. The SMILES string of the molecule is CC1CN(C(=O)c2cc(-c3cccc(Cl)c3)no2)c2cccnc2O1. The number of pyridine rings is 1. The van der Waals surface area contributed by atoms with Crippen molar-refractivity contribution >= 4 is 23.2 Å². The first kappa shape index (κ1) is 15.7. The Morgan fingerprint density at radius 2 is 2.16 bits per heavy atom. The van der Waals surface area contributed by atoms with Gasteiger partial charge in [0.2, 0.25) is 11.6 Å². The Bertz CT molecular complexity index is 941. The summed E-state index contributed by atoms with van der Waals surface area (Å²) in [4.78, 5) is 18.7. The number of aromatic nitrogens is 2. The average molecular weight is 356 g/mol. The smallest absolute Gasteiger partial charge is 0.297 e. The standard InChI is InChI=1S/C18H14ClN3O3/c1-11-10-22(15-6-3-7-20-17(15)24-11)18(23)16-9-14(21-25-16)12-4-2-5-13(19)8-12/h2-9,11H,10H2,1H3. The second-order valence-corrected chi connectivity index (χ2v) is 6.20. The molecule has 2 aromatic heterocycles. The van der Waals surface area contributed by atoms with Crippen LogP contribution < -0.4 is 9.64 Å². The van der Waals surface area contributed by atoms with Gasteiger partial charge in [-0.05, 0) is 31.2 Å². The molecule has 1 aromatic carbocycles. The maximum atomic E-state index is 12.9. The van der Waals surface area contributed by atoms with Gasteiger partial charge in [0.25, 0.3) is 5.91 Å². The number of hydrogen-bond acceptors (Lipinski definition) is 5. The predicted molar refractivity (Wildman–Crippen MR) is 93.0 cm³/mol. The normalized spacial score (nSPS) is 16.2. The molecule has 0 radical (unpaired) electrons. The Labute approximate surface area is 149 Å². The zero-order chi connectivity index (χ0) is 17.4. The first-order valence-corrected chi connectivity index (χ1v) is 8.16. The highest BCUT2D eigenvalue weighted by atomic mass is 35.5. The van der Waals surface area contributed by atoms with E-state index in [9.17, 15) is 4.79 Å². The Morgan fingerprint density at radius 1 is 1.28 bits per heavy atom. The van der Waals surface area contributed by atoms with Crippen LogP contribution in [0.1, 0.15) is 17.5 Å². The molecule has 0 saturated heterocycles. The molecule has 3 aromatic rings. The van der Waals surface area contributed by atoms with Gasteiger partial charge in [0.1, 0.15) is 17.5 Å². The number of ether oxygens (including phenoxy) is 1.